The van der Waals surface area contributed by atoms with E-state index in [1.54, 1.807) is 12.3 Å². The minimum atomic E-state index is -0.470. The maximum atomic E-state index is 12.9. The predicted molar refractivity (Wildman–Crippen MR) is 119 cm³/mol. The van der Waals surface area contributed by atoms with E-state index in [1.165, 1.54) is 10.6 Å². The van der Waals surface area contributed by atoms with E-state index in [9.17, 15) is 9.59 Å². The first-order valence-corrected chi connectivity index (χ1v) is 9.87. The van der Waals surface area contributed by atoms with Gasteiger partial charge in [-0.05, 0) is 49.7 Å². The SMILES string of the molecule is CCn1c2ccccc2c2cc(NC(=O)c3cnc4ccc(C)cn4c3=O)ccc21. The Hall–Kier alpha value is -3.93. The molecule has 0 radical (unpaired) electrons. The number of para-hydroxylation sites is 1. The number of hydrogen-bond acceptors (Lipinski definition) is 3. The topological polar surface area (TPSA) is 68.4 Å². The molecule has 5 rings (SSSR count). The van der Waals surface area contributed by atoms with E-state index in [4.69, 9.17) is 0 Å². The first-order chi connectivity index (χ1) is 14.6. The summed E-state index contributed by atoms with van der Waals surface area (Å²) in [5.74, 6) is -0.470. The number of nitrogens with one attached hydrogen (secondary N) is 1. The van der Waals surface area contributed by atoms with Gasteiger partial charge in [0.25, 0.3) is 11.5 Å². The molecular weight excluding hydrogens is 376 g/mol. The fraction of sp³-hybridized carbons (Fsp3) is 0.125. The Kier molecular flexibility index (Phi) is 4.13. The third-order valence-corrected chi connectivity index (χ3v) is 5.44. The standard InChI is InChI=1S/C24H20N4O2/c1-3-27-20-7-5-4-6-17(20)18-12-16(9-10-21(18)27)26-23(29)19-13-25-22-11-8-15(2)14-28(22)24(19)30/h4-14H,3H2,1-2H3,(H,26,29). The van der Waals surface area contributed by atoms with Gasteiger partial charge in [0.15, 0.2) is 0 Å². The second kappa shape index (κ2) is 6.84. The quantitative estimate of drug-likeness (QED) is 0.492. The zero-order chi connectivity index (χ0) is 20.8. The van der Waals surface area contributed by atoms with Crippen LogP contribution in [0.15, 0.2) is 71.8 Å². The van der Waals surface area contributed by atoms with Crippen molar-refractivity contribution in [1.29, 1.82) is 0 Å². The number of anilines is 1. The van der Waals surface area contributed by atoms with Crippen molar-refractivity contribution in [3.8, 4) is 0 Å². The van der Waals surface area contributed by atoms with E-state index < -0.39 is 5.91 Å². The molecule has 0 aliphatic carbocycles. The van der Waals surface area contributed by atoms with Crippen LogP contribution in [0.4, 0.5) is 5.69 Å². The first-order valence-electron chi connectivity index (χ1n) is 9.87. The van der Waals surface area contributed by atoms with Crippen LogP contribution in [0.1, 0.15) is 22.8 Å². The average molecular weight is 396 g/mol. The van der Waals surface area contributed by atoms with Crippen molar-refractivity contribution < 1.29 is 4.79 Å². The monoisotopic (exact) mass is 396 g/mol. The van der Waals surface area contributed by atoms with Crippen LogP contribution in [-0.4, -0.2) is 19.9 Å². The number of aryl methyl sites for hydroxylation is 2. The number of benzene rings is 2. The van der Waals surface area contributed by atoms with Crippen molar-refractivity contribution in [3.05, 3.63) is 88.5 Å². The number of fused-ring (bicyclic) bond motifs is 4. The normalized spacial score (nSPS) is 11.4. The summed E-state index contributed by atoms with van der Waals surface area (Å²) in [5.41, 5.74) is 3.96. The van der Waals surface area contributed by atoms with Gasteiger partial charge in [0.1, 0.15) is 11.2 Å². The Morgan fingerprint density at radius 3 is 2.67 bits per heavy atom. The van der Waals surface area contributed by atoms with E-state index in [0.717, 1.165) is 33.9 Å². The Morgan fingerprint density at radius 1 is 1.03 bits per heavy atom. The summed E-state index contributed by atoms with van der Waals surface area (Å²) in [6, 6.07) is 17.7. The lowest BCUT2D eigenvalue weighted by molar-refractivity contribution is 0.102. The Bertz CT molecular complexity index is 1510. The number of hydrogen-bond donors (Lipinski definition) is 1. The first kappa shape index (κ1) is 18.1. The molecule has 0 spiro atoms. The number of pyridine rings is 1. The van der Waals surface area contributed by atoms with E-state index in [0.29, 0.717) is 11.3 Å². The molecule has 1 amide bonds. The molecule has 0 fully saturated rings. The fourth-order valence-corrected chi connectivity index (χ4v) is 4.01. The molecule has 6 nitrogen and oxygen atoms in total. The second-order valence-corrected chi connectivity index (χ2v) is 7.36. The van der Waals surface area contributed by atoms with Crippen LogP contribution in [0.3, 0.4) is 0 Å². The predicted octanol–water partition coefficient (Wildman–Crippen LogP) is 4.38. The van der Waals surface area contributed by atoms with Gasteiger partial charge >= 0.3 is 0 Å². The highest BCUT2D eigenvalue weighted by Crippen LogP contribution is 2.31. The van der Waals surface area contributed by atoms with Crippen LogP contribution in [0.25, 0.3) is 27.5 Å². The molecule has 1 N–H and O–H groups in total. The minimum absolute atomic E-state index is 0.00850. The molecule has 0 unspecified atom stereocenters. The van der Waals surface area contributed by atoms with Crippen LogP contribution in [0.5, 0.6) is 0 Å². The van der Waals surface area contributed by atoms with Gasteiger partial charge in [-0.1, -0.05) is 24.3 Å². The Balaban J connectivity index is 1.57. The van der Waals surface area contributed by atoms with E-state index in [-0.39, 0.29) is 11.1 Å². The summed E-state index contributed by atoms with van der Waals surface area (Å²) < 4.78 is 3.65. The molecule has 5 aromatic rings. The van der Waals surface area contributed by atoms with Crippen molar-refractivity contribution >= 4 is 39.0 Å². The van der Waals surface area contributed by atoms with Crippen molar-refractivity contribution in [2.45, 2.75) is 20.4 Å². The summed E-state index contributed by atoms with van der Waals surface area (Å²) in [5, 5.41) is 5.06. The molecule has 30 heavy (non-hydrogen) atoms. The third-order valence-electron chi connectivity index (χ3n) is 5.44. The summed E-state index contributed by atoms with van der Waals surface area (Å²) in [4.78, 5) is 29.9. The number of carbonyl (C=O) groups excluding carboxylic acids is 1. The third kappa shape index (κ3) is 2.76. The maximum Gasteiger partial charge on any atom is 0.270 e. The highest BCUT2D eigenvalue weighted by Gasteiger charge is 2.15. The van der Waals surface area contributed by atoms with Gasteiger partial charge in [-0.2, -0.15) is 0 Å². The van der Waals surface area contributed by atoms with Crippen molar-refractivity contribution in [2.75, 3.05) is 5.32 Å². The van der Waals surface area contributed by atoms with Gasteiger partial charge in [-0.25, -0.2) is 4.98 Å². The highest BCUT2D eigenvalue weighted by atomic mass is 16.2. The van der Waals surface area contributed by atoms with Crippen LogP contribution in [0.2, 0.25) is 0 Å². The fourth-order valence-electron chi connectivity index (χ4n) is 4.01. The Labute approximate surface area is 172 Å². The number of rotatable bonds is 3. The summed E-state index contributed by atoms with van der Waals surface area (Å²) in [6.45, 7) is 4.86. The molecule has 0 saturated heterocycles. The number of aromatic nitrogens is 3. The summed E-state index contributed by atoms with van der Waals surface area (Å²) in [6.07, 6.45) is 3.02. The molecule has 148 valence electrons. The highest BCUT2D eigenvalue weighted by molar-refractivity contribution is 6.11. The van der Waals surface area contributed by atoms with E-state index >= 15 is 0 Å². The second-order valence-electron chi connectivity index (χ2n) is 7.36. The lowest BCUT2D eigenvalue weighted by atomic mass is 10.1. The molecule has 0 bridgehead atoms. The maximum absolute atomic E-state index is 12.9. The molecular formula is C24H20N4O2. The van der Waals surface area contributed by atoms with Gasteiger partial charge in [-0.3, -0.25) is 14.0 Å². The number of nitrogens with zero attached hydrogens (tertiary/aromatic N) is 3. The summed E-state index contributed by atoms with van der Waals surface area (Å²) in [7, 11) is 0. The van der Waals surface area contributed by atoms with Gasteiger partial charge in [0, 0.05) is 46.4 Å². The zero-order valence-corrected chi connectivity index (χ0v) is 16.7. The molecule has 6 heteroatoms. The average Bonchev–Trinajstić information content (AvgIpc) is 3.07. The molecule has 2 aromatic carbocycles. The van der Waals surface area contributed by atoms with Crippen LogP contribution >= 0.6 is 0 Å². The van der Waals surface area contributed by atoms with Gasteiger partial charge < -0.3 is 9.88 Å². The molecule has 0 atom stereocenters. The molecule has 3 heterocycles. The smallest absolute Gasteiger partial charge is 0.270 e. The Morgan fingerprint density at radius 2 is 1.83 bits per heavy atom. The summed E-state index contributed by atoms with van der Waals surface area (Å²) >= 11 is 0. The van der Waals surface area contributed by atoms with Gasteiger partial charge in [-0.15, -0.1) is 0 Å². The molecule has 0 aliphatic rings. The molecule has 0 aliphatic heterocycles. The van der Waals surface area contributed by atoms with Crippen LogP contribution < -0.4 is 10.9 Å². The van der Waals surface area contributed by atoms with Crippen molar-refractivity contribution in [2.24, 2.45) is 0 Å². The lowest BCUT2D eigenvalue weighted by Crippen LogP contribution is -2.26. The van der Waals surface area contributed by atoms with Crippen molar-refractivity contribution in [3.63, 3.8) is 0 Å². The largest absolute Gasteiger partial charge is 0.341 e. The molecule has 0 saturated carbocycles. The number of amides is 1. The van der Waals surface area contributed by atoms with Gasteiger partial charge in [0.05, 0.1) is 0 Å². The van der Waals surface area contributed by atoms with Crippen molar-refractivity contribution in [1.82, 2.24) is 14.0 Å². The molecule has 3 aromatic heterocycles. The lowest BCUT2D eigenvalue weighted by Gasteiger charge is -2.08. The van der Waals surface area contributed by atoms with E-state index in [2.05, 4.69) is 33.9 Å². The van der Waals surface area contributed by atoms with E-state index in [1.807, 2.05) is 43.3 Å². The van der Waals surface area contributed by atoms with Gasteiger partial charge in [0.2, 0.25) is 0 Å². The number of carbonyl (C=O) groups is 1. The minimum Gasteiger partial charge on any atom is -0.341 e. The van der Waals surface area contributed by atoms with Crippen LogP contribution in [0, 0.1) is 6.92 Å². The van der Waals surface area contributed by atoms with Crippen LogP contribution in [-0.2, 0) is 6.54 Å². The zero-order valence-electron chi connectivity index (χ0n) is 16.7.